The number of hydrogen-bond acceptors (Lipinski definition) is 4. The Hall–Kier alpha value is -3.02. The van der Waals surface area contributed by atoms with E-state index in [9.17, 15) is 4.79 Å². The zero-order valence-corrected chi connectivity index (χ0v) is 19.8. The van der Waals surface area contributed by atoms with E-state index in [1.54, 1.807) is 0 Å². The molecule has 0 bridgehead atoms. The van der Waals surface area contributed by atoms with E-state index in [2.05, 4.69) is 43.4 Å². The Morgan fingerprint density at radius 1 is 1.06 bits per heavy atom. The Bertz CT molecular complexity index is 1330. The fourth-order valence-corrected chi connectivity index (χ4v) is 4.59. The van der Waals surface area contributed by atoms with E-state index >= 15 is 0 Å². The van der Waals surface area contributed by atoms with Gasteiger partial charge in [0.1, 0.15) is 0 Å². The summed E-state index contributed by atoms with van der Waals surface area (Å²) in [5.41, 5.74) is 9.07. The number of carbonyl (C=O) groups excluding carboxylic acids is 1. The molecule has 0 aliphatic heterocycles. The number of halogens is 1. The summed E-state index contributed by atoms with van der Waals surface area (Å²) in [5.74, 6) is -0.259. The van der Waals surface area contributed by atoms with Gasteiger partial charge in [0.2, 0.25) is 0 Å². The van der Waals surface area contributed by atoms with Gasteiger partial charge in [0.25, 0.3) is 5.91 Å². The van der Waals surface area contributed by atoms with Gasteiger partial charge in [-0.1, -0.05) is 55.3 Å². The number of nitrogens with zero attached hydrogens (tertiary/aromatic N) is 2. The molecule has 0 radical (unpaired) electrons. The van der Waals surface area contributed by atoms with Gasteiger partial charge >= 0.3 is 0 Å². The second-order valence-electron chi connectivity index (χ2n) is 7.72. The van der Waals surface area contributed by atoms with Gasteiger partial charge in [-0.3, -0.25) is 4.79 Å². The molecule has 0 saturated heterocycles. The first kappa shape index (κ1) is 22.2. The van der Waals surface area contributed by atoms with Crippen molar-refractivity contribution >= 4 is 45.5 Å². The van der Waals surface area contributed by atoms with E-state index in [1.165, 1.54) is 22.5 Å². The molecule has 4 aromatic rings. The lowest BCUT2D eigenvalue weighted by molar-refractivity contribution is 0.0956. The number of amides is 1. The first-order chi connectivity index (χ1) is 15.5. The maximum atomic E-state index is 13.2. The molecule has 2 aromatic heterocycles. The van der Waals surface area contributed by atoms with E-state index in [-0.39, 0.29) is 5.91 Å². The van der Waals surface area contributed by atoms with Crippen molar-refractivity contribution in [3.8, 4) is 11.3 Å². The quantitative estimate of drug-likeness (QED) is 0.244. The summed E-state index contributed by atoms with van der Waals surface area (Å²) in [4.78, 5) is 19.0. The third-order valence-corrected chi connectivity index (χ3v) is 6.68. The summed E-state index contributed by atoms with van der Waals surface area (Å²) >= 11 is 7.56. The number of aromatic nitrogens is 1. The van der Waals surface area contributed by atoms with Gasteiger partial charge in [0, 0.05) is 10.9 Å². The Balaban J connectivity index is 1.73. The molecule has 0 unspecified atom stereocenters. The summed E-state index contributed by atoms with van der Waals surface area (Å²) < 4.78 is 0.702. The Morgan fingerprint density at radius 3 is 2.59 bits per heavy atom. The summed E-state index contributed by atoms with van der Waals surface area (Å²) in [5, 5.41) is 5.25. The summed E-state index contributed by atoms with van der Waals surface area (Å²) in [7, 11) is 0. The largest absolute Gasteiger partial charge is 0.272 e. The van der Waals surface area contributed by atoms with Crippen molar-refractivity contribution < 1.29 is 4.79 Å². The van der Waals surface area contributed by atoms with Crippen LogP contribution in [0.1, 0.15) is 46.1 Å². The van der Waals surface area contributed by atoms with Crippen LogP contribution >= 0.6 is 22.9 Å². The third-order valence-electron chi connectivity index (χ3n) is 5.40. The zero-order valence-electron chi connectivity index (χ0n) is 18.3. The van der Waals surface area contributed by atoms with Crippen molar-refractivity contribution in [2.24, 2.45) is 5.10 Å². The van der Waals surface area contributed by atoms with Gasteiger partial charge in [0.05, 0.1) is 31.7 Å². The van der Waals surface area contributed by atoms with Crippen molar-refractivity contribution in [1.29, 1.82) is 0 Å². The van der Waals surface area contributed by atoms with Crippen LogP contribution in [0.25, 0.3) is 22.2 Å². The Labute approximate surface area is 197 Å². The molecule has 0 atom stereocenters. The number of hydrogen-bond donors (Lipinski definition) is 1. The lowest BCUT2D eigenvalue weighted by Gasteiger charge is -2.11. The highest BCUT2D eigenvalue weighted by atomic mass is 35.5. The van der Waals surface area contributed by atoms with Crippen LogP contribution in [0.4, 0.5) is 0 Å². The number of aryl methyl sites for hydroxylation is 2. The van der Waals surface area contributed by atoms with E-state index in [1.807, 2.05) is 48.5 Å². The highest BCUT2D eigenvalue weighted by molar-refractivity contribution is 7.18. The summed E-state index contributed by atoms with van der Waals surface area (Å²) in [6.45, 7) is 6.24. The molecule has 32 heavy (non-hydrogen) atoms. The predicted octanol–water partition coefficient (Wildman–Crippen LogP) is 7.17. The molecule has 0 saturated carbocycles. The smallest absolute Gasteiger partial charge is 0.267 e. The highest BCUT2D eigenvalue weighted by Gasteiger charge is 2.15. The highest BCUT2D eigenvalue weighted by Crippen LogP contribution is 2.27. The third kappa shape index (κ3) is 4.74. The van der Waals surface area contributed by atoms with Gasteiger partial charge in [0.15, 0.2) is 0 Å². The van der Waals surface area contributed by atoms with E-state index in [0.29, 0.717) is 9.90 Å². The monoisotopic (exact) mass is 461 g/mol. The van der Waals surface area contributed by atoms with Crippen LogP contribution in [0.15, 0.2) is 65.8 Å². The number of hydrazone groups is 1. The molecule has 162 valence electrons. The minimum absolute atomic E-state index is 0.259. The minimum Gasteiger partial charge on any atom is -0.267 e. The molecule has 1 N–H and O–H groups in total. The number of rotatable bonds is 6. The molecular formula is C26H24ClN3OS. The molecule has 2 aromatic carbocycles. The van der Waals surface area contributed by atoms with Crippen LogP contribution in [0.5, 0.6) is 0 Å². The average molecular weight is 462 g/mol. The lowest BCUT2D eigenvalue weighted by atomic mass is 10.0. The van der Waals surface area contributed by atoms with Gasteiger partial charge in [-0.05, 0) is 61.7 Å². The van der Waals surface area contributed by atoms with E-state index < -0.39 is 0 Å². The van der Waals surface area contributed by atoms with Crippen molar-refractivity contribution in [2.45, 2.75) is 33.6 Å². The first-order valence-electron chi connectivity index (χ1n) is 10.6. The zero-order chi connectivity index (χ0) is 22.7. The fraction of sp³-hybridized carbons (Fsp3) is 0.192. The number of fused-ring (bicyclic) bond motifs is 1. The van der Waals surface area contributed by atoms with Crippen LogP contribution in [-0.4, -0.2) is 16.6 Å². The number of thiophene rings is 1. The van der Waals surface area contributed by atoms with E-state index in [0.717, 1.165) is 45.6 Å². The number of carbonyl (C=O) groups is 1. The SMILES string of the molecule is CCC/C(=N\NC(=O)c1cc(-c2ccc(C)c(C)c2)nc2ccccc12)c1ccc(Cl)s1. The minimum atomic E-state index is -0.259. The molecule has 6 heteroatoms. The van der Waals surface area contributed by atoms with Crippen molar-refractivity contribution in [3.05, 3.63) is 86.6 Å². The second kappa shape index (κ2) is 9.63. The van der Waals surface area contributed by atoms with Crippen LogP contribution in [0.2, 0.25) is 4.34 Å². The molecular weight excluding hydrogens is 438 g/mol. The fourth-order valence-electron chi connectivity index (χ4n) is 3.53. The van der Waals surface area contributed by atoms with Gasteiger partial charge in [-0.15, -0.1) is 11.3 Å². The number of nitrogens with one attached hydrogen (secondary N) is 1. The van der Waals surface area contributed by atoms with E-state index in [4.69, 9.17) is 16.6 Å². The summed E-state index contributed by atoms with van der Waals surface area (Å²) in [6, 6.07) is 19.5. The molecule has 0 aliphatic rings. The van der Waals surface area contributed by atoms with Gasteiger partial charge in [-0.2, -0.15) is 5.10 Å². The number of para-hydroxylation sites is 1. The van der Waals surface area contributed by atoms with Crippen molar-refractivity contribution in [2.75, 3.05) is 0 Å². The van der Waals surface area contributed by atoms with Crippen LogP contribution in [0, 0.1) is 13.8 Å². The van der Waals surface area contributed by atoms with Crippen molar-refractivity contribution in [1.82, 2.24) is 10.4 Å². The molecule has 0 spiro atoms. The standard InChI is InChI=1S/C26H24ClN3OS/c1-4-7-22(24-12-13-25(27)32-24)29-30-26(31)20-15-23(18-11-10-16(2)17(3)14-18)28-21-9-6-5-8-19(20)21/h5-6,8-15H,4,7H2,1-3H3,(H,30,31)/b29-22+. The molecule has 4 nitrogen and oxygen atoms in total. The molecule has 2 heterocycles. The first-order valence-corrected chi connectivity index (χ1v) is 11.8. The molecule has 0 fully saturated rings. The van der Waals surface area contributed by atoms with Crippen LogP contribution in [0.3, 0.4) is 0 Å². The topological polar surface area (TPSA) is 54.4 Å². The average Bonchev–Trinajstić information content (AvgIpc) is 3.23. The Kier molecular flexibility index (Phi) is 6.68. The van der Waals surface area contributed by atoms with Gasteiger partial charge < -0.3 is 0 Å². The van der Waals surface area contributed by atoms with Gasteiger partial charge in [-0.25, -0.2) is 10.4 Å². The molecule has 0 aliphatic carbocycles. The number of benzene rings is 2. The molecule has 4 rings (SSSR count). The predicted molar refractivity (Wildman–Crippen MR) is 135 cm³/mol. The normalized spacial score (nSPS) is 11.7. The maximum Gasteiger partial charge on any atom is 0.272 e. The molecule has 1 amide bonds. The van der Waals surface area contributed by atoms with Crippen molar-refractivity contribution in [3.63, 3.8) is 0 Å². The number of pyridine rings is 1. The Morgan fingerprint density at radius 2 is 1.88 bits per heavy atom. The second-order valence-corrected chi connectivity index (χ2v) is 9.44. The maximum absolute atomic E-state index is 13.2. The lowest BCUT2D eigenvalue weighted by Crippen LogP contribution is -2.20. The summed E-state index contributed by atoms with van der Waals surface area (Å²) in [6.07, 6.45) is 1.67. The van der Waals surface area contributed by atoms with Crippen LogP contribution < -0.4 is 5.43 Å². The van der Waals surface area contributed by atoms with Crippen LogP contribution in [-0.2, 0) is 0 Å².